The van der Waals surface area contributed by atoms with E-state index in [0.29, 0.717) is 0 Å². The van der Waals surface area contributed by atoms with Gasteiger partial charge in [-0.05, 0) is 18.4 Å². The highest BCUT2D eigenvalue weighted by Gasteiger charge is 2.04. The third-order valence-electron chi connectivity index (χ3n) is 2.06. The molecule has 0 unspecified atom stereocenters. The van der Waals surface area contributed by atoms with Gasteiger partial charge in [-0.15, -0.1) is 0 Å². The molecule has 0 radical (unpaired) electrons. The molecule has 0 saturated carbocycles. The predicted octanol–water partition coefficient (Wildman–Crippen LogP) is 3.22. The molecule has 0 aromatic heterocycles. The second kappa shape index (κ2) is 6.94. The molecule has 0 bridgehead atoms. The Morgan fingerprint density at radius 2 is 1.71 bits per heavy atom. The topological polar surface area (TPSA) is 18.5 Å². The van der Waals surface area contributed by atoms with Crippen molar-refractivity contribution in [2.24, 2.45) is 0 Å². The van der Waals surface area contributed by atoms with E-state index < -0.39 is 8.38 Å². The normalized spacial score (nSPS) is 10.8. The number of aryl methyl sites for hydroxylation is 1. The van der Waals surface area contributed by atoms with Gasteiger partial charge in [-0.1, -0.05) is 30.3 Å². The molecule has 14 heavy (non-hydrogen) atoms. The molecular weight excluding hydrogens is 195 g/mol. The van der Waals surface area contributed by atoms with Crippen molar-refractivity contribution in [2.45, 2.75) is 12.8 Å². The summed E-state index contributed by atoms with van der Waals surface area (Å²) in [5, 5.41) is 0. The summed E-state index contributed by atoms with van der Waals surface area (Å²) in [5.74, 6) is 0. The van der Waals surface area contributed by atoms with Crippen LogP contribution in [0.3, 0.4) is 0 Å². The van der Waals surface area contributed by atoms with Crippen molar-refractivity contribution in [3.05, 3.63) is 35.9 Å². The molecule has 0 N–H and O–H groups in total. The zero-order valence-electron chi connectivity index (χ0n) is 8.77. The Balaban J connectivity index is 2.21. The fourth-order valence-corrected chi connectivity index (χ4v) is 2.24. The Morgan fingerprint density at radius 1 is 1.07 bits per heavy atom. The molecule has 3 heteroatoms. The number of hydrogen-bond donors (Lipinski definition) is 0. The van der Waals surface area contributed by atoms with E-state index in [1.807, 2.05) is 6.07 Å². The molecule has 1 aromatic carbocycles. The molecule has 0 amide bonds. The molecule has 2 nitrogen and oxygen atoms in total. The van der Waals surface area contributed by atoms with Crippen molar-refractivity contribution in [1.29, 1.82) is 0 Å². The van der Waals surface area contributed by atoms with Gasteiger partial charge in [0.25, 0.3) is 0 Å². The second-order valence-electron chi connectivity index (χ2n) is 3.01. The molecule has 0 aliphatic heterocycles. The van der Waals surface area contributed by atoms with E-state index >= 15 is 0 Å². The van der Waals surface area contributed by atoms with Gasteiger partial charge >= 0.3 is 0 Å². The Hall–Kier alpha value is -0.430. The number of hydrogen-bond acceptors (Lipinski definition) is 2. The smallest absolute Gasteiger partial charge is 0.169 e. The summed E-state index contributed by atoms with van der Waals surface area (Å²) >= 11 is 0. The predicted molar refractivity (Wildman–Crippen MR) is 60.6 cm³/mol. The Labute approximate surface area is 87.2 Å². The first-order chi connectivity index (χ1) is 6.86. The van der Waals surface area contributed by atoms with Gasteiger partial charge in [0.2, 0.25) is 0 Å². The average Bonchev–Trinajstić information content (AvgIpc) is 2.26. The quantitative estimate of drug-likeness (QED) is 0.674. The zero-order valence-corrected chi connectivity index (χ0v) is 9.67. The lowest BCUT2D eigenvalue weighted by Gasteiger charge is -2.11. The van der Waals surface area contributed by atoms with Crippen LogP contribution in [0.5, 0.6) is 0 Å². The number of benzene rings is 1. The van der Waals surface area contributed by atoms with E-state index in [2.05, 4.69) is 24.3 Å². The van der Waals surface area contributed by atoms with E-state index in [1.54, 1.807) is 14.2 Å². The van der Waals surface area contributed by atoms with E-state index in [9.17, 15) is 0 Å². The minimum atomic E-state index is -0.652. The summed E-state index contributed by atoms with van der Waals surface area (Å²) in [4.78, 5) is 0. The third-order valence-corrected chi connectivity index (χ3v) is 3.55. The van der Waals surface area contributed by atoms with Gasteiger partial charge in [0, 0.05) is 20.4 Å². The molecule has 0 aliphatic rings. The molecule has 0 atom stereocenters. The van der Waals surface area contributed by atoms with Crippen LogP contribution >= 0.6 is 8.38 Å². The van der Waals surface area contributed by atoms with E-state index in [4.69, 9.17) is 9.05 Å². The Kier molecular flexibility index (Phi) is 5.77. The average molecular weight is 212 g/mol. The van der Waals surface area contributed by atoms with Crippen LogP contribution in [-0.4, -0.2) is 20.4 Å². The molecule has 0 spiro atoms. The lowest BCUT2D eigenvalue weighted by Crippen LogP contribution is -1.92. The van der Waals surface area contributed by atoms with Gasteiger partial charge in [-0.2, -0.15) is 0 Å². The molecule has 1 aromatic rings. The van der Waals surface area contributed by atoms with Crippen LogP contribution in [0.4, 0.5) is 0 Å². The lowest BCUT2D eigenvalue weighted by atomic mass is 10.1. The van der Waals surface area contributed by atoms with E-state index in [-0.39, 0.29) is 0 Å². The van der Waals surface area contributed by atoms with Gasteiger partial charge in [-0.25, -0.2) is 0 Å². The Bertz CT molecular complexity index is 234. The van der Waals surface area contributed by atoms with Crippen LogP contribution in [0.2, 0.25) is 0 Å². The molecule has 0 fully saturated rings. The van der Waals surface area contributed by atoms with Crippen molar-refractivity contribution in [2.75, 3.05) is 20.4 Å². The van der Waals surface area contributed by atoms with Crippen LogP contribution in [0.1, 0.15) is 12.0 Å². The zero-order chi connectivity index (χ0) is 10.2. The fourth-order valence-electron chi connectivity index (χ4n) is 1.31. The molecular formula is C11H17O2P. The first-order valence-corrected chi connectivity index (χ1v) is 6.12. The summed E-state index contributed by atoms with van der Waals surface area (Å²) in [7, 11) is 2.76. The van der Waals surface area contributed by atoms with Gasteiger partial charge in [-0.3, -0.25) is 0 Å². The van der Waals surface area contributed by atoms with Crippen molar-refractivity contribution in [3.63, 3.8) is 0 Å². The minimum Gasteiger partial charge on any atom is -0.337 e. The van der Waals surface area contributed by atoms with Crippen LogP contribution < -0.4 is 0 Å². The maximum Gasteiger partial charge on any atom is 0.169 e. The molecule has 78 valence electrons. The van der Waals surface area contributed by atoms with Gasteiger partial charge in [0.05, 0.1) is 0 Å². The second-order valence-corrected chi connectivity index (χ2v) is 4.85. The van der Waals surface area contributed by atoms with Crippen LogP contribution in [-0.2, 0) is 15.5 Å². The first kappa shape index (κ1) is 11.6. The number of rotatable bonds is 6. The highest BCUT2D eigenvalue weighted by Crippen LogP contribution is 2.36. The summed E-state index contributed by atoms with van der Waals surface area (Å²) in [5.41, 5.74) is 1.38. The summed E-state index contributed by atoms with van der Waals surface area (Å²) in [6.07, 6.45) is 3.24. The standard InChI is InChI=1S/C11H17O2P/c1-12-14(13-2)10-6-9-11-7-4-3-5-8-11/h3-5,7-8H,6,9-10H2,1-2H3. The first-order valence-electron chi connectivity index (χ1n) is 4.76. The summed E-state index contributed by atoms with van der Waals surface area (Å²) < 4.78 is 10.4. The van der Waals surface area contributed by atoms with Crippen molar-refractivity contribution < 1.29 is 9.05 Å². The van der Waals surface area contributed by atoms with Crippen LogP contribution in [0, 0.1) is 0 Å². The molecule has 0 heterocycles. The van der Waals surface area contributed by atoms with Gasteiger partial charge in [0.1, 0.15) is 0 Å². The summed E-state index contributed by atoms with van der Waals surface area (Å²) in [6.45, 7) is 0. The van der Waals surface area contributed by atoms with E-state index in [1.165, 1.54) is 5.56 Å². The summed E-state index contributed by atoms with van der Waals surface area (Å²) in [6, 6.07) is 10.5. The monoisotopic (exact) mass is 212 g/mol. The van der Waals surface area contributed by atoms with Crippen molar-refractivity contribution >= 4 is 8.38 Å². The van der Waals surface area contributed by atoms with Crippen molar-refractivity contribution in [3.8, 4) is 0 Å². The van der Waals surface area contributed by atoms with Crippen molar-refractivity contribution in [1.82, 2.24) is 0 Å². The van der Waals surface area contributed by atoms with Crippen LogP contribution in [0.15, 0.2) is 30.3 Å². The SMILES string of the molecule is COP(CCCc1ccccc1)OC. The van der Waals surface area contributed by atoms with E-state index in [0.717, 1.165) is 19.0 Å². The molecule has 0 aliphatic carbocycles. The highest BCUT2D eigenvalue weighted by molar-refractivity contribution is 7.47. The maximum absolute atomic E-state index is 5.18. The van der Waals surface area contributed by atoms with Gasteiger partial charge in [0.15, 0.2) is 8.38 Å². The Morgan fingerprint density at radius 3 is 2.29 bits per heavy atom. The highest BCUT2D eigenvalue weighted by atomic mass is 31.2. The van der Waals surface area contributed by atoms with Gasteiger partial charge < -0.3 is 9.05 Å². The fraction of sp³-hybridized carbons (Fsp3) is 0.455. The molecule has 0 saturated heterocycles. The largest absolute Gasteiger partial charge is 0.337 e. The maximum atomic E-state index is 5.18. The molecule has 1 rings (SSSR count). The van der Waals surface area contributed by atoms with Crippen LogP contribution in [0.25, 0.3) is 0 Å². The minimum absolute atomic E-state index is 0.652. The third kappa shape index (κ3) is 4.19. The lowest BCUT2D eigenvalue weighted by molar-refractivity contribution is 0.339.